The number of likely N-dealkylation sites (N-methyl/N-ethyl adjacent to an activating group) is 1. The van der Waals surface area contributed by atoms with Gasteiger partial charge >= 0.3 is 0 Å². The molecule has 0 spiro atoms. The summed E-state index contributed by atoms with van der Waals surface area (Å²) >= 11 is 6.02. The largest absolute Gasteiger partial charge is 0.487 e. The smallest absolute Gasteiger partial charge is 0.130 e. The van der Waals surface area contributed by atoms with E-state index in [1.165, 1.54) is 11.1 Å². The van der Waals surface area contributed by atoms with Crippen molar-refractivity contribution in [3.63, 3.8) is 0 Å². The van der Waals surface area contributed by atoms with Crippen LogP contribution in [-0.2, 0) is 6.61 Å². The molecule has 0 unspecified atom stereocenters. The number of para-hydroxylation sites is 1. The van der Waals surface area contributed by atoms with Crippen molar-refractivity contribution in [1.29, 1.82) is 0 Å². The fourth-order valence-electron chi connectivity index (χ4n) is 3.43. The van der Waals surface area contributed by atoms with Crippen LogP contribution in [0, 0.1) is 0 Å². The van der Waals surface area contributed by atoms with Gasteiger partial charge in [-0.05, 0) is 73.3 Å². The minimum absolute atomic E-state index is 0.440. The Morgan fingerprint density at radius 3 is 2.39 bits per heavy atom. The minimum Gasteiger partial charge on any atom is -0.487 e. The lowest BCUT2D eigenvalue weighted by Gasteiger charge is -2.15. The van der Waals surface area contributed by atoms with Crippen LogP contribution in [0.4, 0.5) is 0 Å². The summed E-state index contributed by atoms with van der Waals surface area (Å²) in [6.45, 7) is 1.28. The fourth-order valence-corrected chi connectivity index (χ4v) is 3.56. The van der Waals surface area contributed by atoms with Crippen molar-refractivity contribution in [3.8, 4) is 5.75 Å². The average molecular weight is 429 g/mol. The Morgan fingerprint density at radius 1 is 0.903 bits per heavy atom. The molecule has 3 nitrogen and oxygen atoms in total. The van der Waals surface area contributed by atoms with Crippen LogP contribution in [0.15, 0.2) is 84.9 Å². The van der Waals surface area contributed by atoms with E-state index in [1.807, 2.05) is 60.7 Å². The molecular weight excluding hydrogens is 404 g/mol. The van der Waals surface area contributed by atoms with Gasteiger partial charge in [0.15, 0.2) is 0 Å². The molecule has 0 fully saturated rings. The third-order valence-electron chi connectivity index (χ3n) is 4.97. The molecule has 31 heavy (non-hydrogen) atoms. The molecule has 0 amide bonds. The summed E-state index contributed by atoms with van der Waals surface area (Å²) in [5.41, 5.74) is 5.43. The van der Waals surface area contributed by atoms with E-state index < -0.39 is 0 Å². The van der Waals surface area contributed by atoms with E-state index in [4.69, 9.17) is 16.3 Å². The molecule has 156 valence electrons. The standard InChI is InChI=1S/C27H25ClN2O/c1-30(2)18-23(17-20-7-12-24(28)13-8-20)21-10-15-26(16-11-21)31-19-25-14-9-22-5-3-4-6-27(22)29-25/h3-17H,18-19H2,1-2H3. The van der Waals surface area contributed by atoms with Crippen molar-refractivity contribution >= 4 is 34.2 Å². The highest BCUT2D eigenvalue weighted by Gasteiger charge is 2.06. The van der Waals surface area contributed by atoms with Crippen LogP contribution in [0.25, 0.3) is 22.6 Å². The number of nitrogens with zero attached hydrogens (tertiary/aromatic N) is 2. The number of fused-ring (bicyclic) bond motifs is 1. The van der Waals surface area contributed by atoms with E-state index in [2.05, 4.69) is 54.3 Å². The van der Waals surface area contributed by atoms with E-state index in [1.54, 1.807) is 0 Å². The van der Waals surface area contributed by atoms with Gasteiger partial charge in [-0.25, -0.2) is 4.98 Å². The Bertz CT molecular complexity index is 1180. The maximum Gasteiger partial charge on any atom is 0.130 e. The zero-order valence-corrected chi connectivity index (χ0v) is 18.5. The summed E-state index contributed by atoms with van der Waals surface area (Å²) in [5, 5.41) is 1.88. The summed E-state index contributed by atoms with van der Waals surface area (Å²) in [6, 6.07) is 28.3. The third kappa shape index (κ3) is 5.72. The Balaban J connectivity index is 1.48. The Kier molecular flexibility index (Phi) is 6.66. The van der Waals surface area contributed by atoms with Crippen LogP contribution in [0.3, 0.4) is 0 Å². The normalized spacial score (nSPS) is 11.8. The van der Waals surface area contributed by atoms with Crippen molar-refractivity contribution in [3.05, 3.63) is 107 Å². The first-order valence-electron chi connectivity index (χ1n) is 10.3. The molecular formula is C27H25ClN2O. The van der Waals surface area contributed by atoms with Gasteiger partial charge in [-0.3, -0.25) is 0 Å². The lowest BCUT2D eigenvalue weighted by molar-refractivity contribution is 0.302. The summed E-state index contributed by atoms with van der Waals surface area (Å²) in [4.78, 5) is 6.84. The van der Waals surface area contributed by atoms with Crippen LogP contribution in [0.2, 0.25) is 5.02 Å². The van der Waals surface area contributed by atoms with E-state index >= 15 is 0 Å². The predicted molar refractivity (Wildman–Crippen MR) is 130 cm³/mol. The predicted octanol–water partition coefficient (Wildman–Crippen LogP) is 6.57. The van der Waals surface area contributed by atoms with E-state index in [0.29, 0.717) is 6.61 Å². The lowest BCUT2D eigenvalue weighted by atomic mass is 10.0. The topological polar surface area (TPSA) is 25.4 Å². The molecule has 0 N–H and O–H groups in total. The van der Waals surface area contributed by atoms with E-state index in [9.17, 15) is 0 Å². The van der Waals surface area contributed by atoms with Crippen LogP contribution < -0.4 is 4.74 Å². The van der Waals surface area contributed by atoms with Gasteiger partial charge in [0, 0.05) is 17.0 Å². The van der Waals surface area contributed by atoms with Crippen molar-refractivity contribution in [2.24, 2.45) is 0 Å². The lowest BCUT2D eigenvalue weighted by Crippen LogP contribution is -2.14. The number of rotatable bonds is 7. The van der Waals surface area contributed by atoms with Gasteiger partial charge in [0.1, 0.15) is 12.4 Å². The molecule has 4 aromatic rings. The molecule has 0 aliphatic heterocycles. The highest BCUT2D eigenvalue weighted by atomic mass is 35.5. The van der Waals surface area contributed by atoms with Crippen molar-refractivity contribution in [1.82, 2.24) is 9.88 Å². The first kappa shape index (κ1) is 21.1. The maximum atomic E-state index is 6.02. The van der Waals surface area contributed by atoms with E-state index in [0.717, 1.165) is 39.5 Å². The van der Waals surface area contributed by atoms with Gasteiger partial charge in [0.25, 0.3) is 0 Å². The van der Waals surface area contributed by atoms with Gasteiger partial charge in [0.05, 0.1) is 11.2 Å². The molecule has 0 bridgehead atoms. The Hall–Kier alpha value is -3.14. The van der Waals surface area contributed by atoms with Crippen LogP contribution in [0.5, 0.6) is 5.75 Å². The molecule has 4 rings (SSSR count). The van der Waals surface area contributed by atoms with Crippen molar-refractivity contribution in [2.45, 2.75) is 6.61 Å². The zero-order valence-electron chi connectivity index (χ0n) is 17.8. The maximum absolute atomic E-state index is 6.02. The molecule has 4 heteroatoms. The number of benzene rings is 3. The van der Waals surface area contributed by atoms with Crippen molar-refractivity contribution in [2.75, 3.05) is 20.6 Å². The molecule has 1 heterocycles. The van der Waals surface area contributed by atoms with Crippen molar-refractivity contribution < 1.29 is 4.74 Å². The minimum atomic E-state index is 0.440. The van der Waals surface area contributed by atoms with E-state index in [-0.39, 0.29) is 0 Å². The Morgan fingerprint density at radius 2 is 1.65 bits per heavy atom. The highest BCUT2D eigenvalue weighted by molar-refractivity contribution is 6.30. The van der Waals surface area contributed by atoms with Gasteiger partial charge < -0.3 is 9.64 Å². The number of hydrogen-bond acceptors (Lipinski definition) is 3. The fraction of sp³-hybridized carbons (Fsp3) is 0.148. The number of halogens is 1. The number of pyridine rings is 1. The first-order valence-corrected chi connectivity index (χ1v) is 10.6. The number of hydrogen-bond donors (Lipinski definition) is 0. The average Bonchev–Trinajstić information content (AvgIpc) is 2.78. The van der Waals surface area contributed by atoms with Gasteiger partial charge in [-0.2, -0.15) is 0 Å². The summed E-state index contributed by atoms with van der Waals surface area (Å²) in [7, 11) is 4.15. The molecule has 0 aliphatic carbocycles. The second-order valence-corrected chi connectivity index (χ2v) is 8.20. The van der Waals surface area contributed by atoms with Gasteiger partial charge in [-0.15, -0.1) is 0 Å². The van der Waals surface area contributed by atoms with Crippen LogP contribution in [-0.4, -0.2) is 30.5 Å². The number of aromatic nitrogens is 1. The molecule has 0 aliphatic rings. The molecule has 0 atom stereocenters. The monoisotopic (exact) mass is 428 g/mol. The summed E-state index contributed by atoms with van der Waals surface area (Å²) in [6.07, 6.45) is 2.20. The van der Waals surface area contributed by atoms with Gasteiger partial charge in [-0.1, -0.05) is 60.1 Å². The molecule has 3 aromatic carbocycles. The second-order valence-electron chi connectivity index (χ2n) is 7.77. The van der Waals surface area contributed by atoms with Gasteiger partial charge in [0.2, 0.25) is 0 Å². The first-order chi connectivity index (χ1) is 15.1. The summed E-state index contributed by atoms with van der Waals surface area (Å²) < 4.78 is 5.98. The molecule has 0 saturated carbocycles. The molecule has 0 saturated heterocycles. The number of ether oxygens (including phenoxy) is 1. The third-order valence-corrected chi connectivity index (χ3v) is 5.22. The SMILES string of the molecule is CN(C)CC(=Cc1ccc(Cl)cc1)c1ccc(OCc2ccc3ccccc3n2)cc1. The highest BCUT2D eigenvalue weighted by Crippen LogP contribution is 2.23. The van der Waals surface area contributed by atoms with Crippen LogP contribution in [0.1, 0.15) is 16.8 Å². The zero-order chi connectivity index (χ0) is 21.6. The quantitative estimate of drug-likeness (QED) is 0.311. The molecule has 1 aromatic heterocycles. The van der Waals surface area contributed by atoms with Crippen LogP contribution >= 0.6 is 11.6 Å². The second kappa shape index (κ2) is 9.78. The molecule has 0 radical (unpaired) electrons. The summed E-state index contributed by atoms with van der Waals surface area (Å²) in [5.74, 6) is 0.828. The Labute approximate surface area is 188 Å².